The van der Waals surface area contributed by atoms with Gasteiger partial charge in [0.05, 0.1) is 10.0 Å². The molecule has 0 amide bonds. The van der Waals surface area contributed by atoms with E-state index in [4.69, 9.17) is 27.6 Å². The van der Waals surface area contributed by atoms with E-state index in [0.717, 1.165) is 21.5 Å². The number of para-hydroxylation sites is 1. The molecule has 0 aliphatic heterocycles. The standard InChI is InChI=1S/C17H8Cl2N4OS/c18-11-6-3-5-10(14(11)19)16-22-23-15(20-21-17(23)25-16)13-8-9-4-1-2-7-12(9)24-13/h1-8H. The molecule has 0 spiro atoms. The van der Waals surface area contributed by atoms with Gasteiger partial charge in [0.15, 0.2) is 5.76 Å². The fourth-order valence-corrected chi connectivity index (χ4v) is 3.96. The van der Waals surface area contributed by atoms with Gasteiger partial charge in [-0.2, -0.15) is 9.61 Å². The Morgan fingerprint density at radius 2 is 1.88 bits per heavy atom. The molecule has 0 aliphatic carbocycles. The number of rotatable bonds is 2. The van der Waals surface area contributed by atoms with E-state index in [0.29, 0.717) is 26.6 Å². The second kappa shape index (κ2) is 5.56. The summed E-state index contributed by atoms with van der Waals surface area (Å²) in [6, 6.07) is 15.2. The van der Waals surface area contributed by atoms with E-state index in [1.54, 1.807) is 10.6 Å². The summed E-state index contributed by atoms with van der Waals surface area (Å²) in [5.74, 6) is 1.16. The van der Waals surface area contributed by atoms with Gasteiger partial charge in [0.1, 0.15) is 10.6 Å². The average molecular weight is 387 g/mol. The van der Waals surface area contributed by atoms with Gasteiger partial charge in [-0.05, 0) is 18.2 Å². The van der Waals surface area contributed by atoms with Crippen molar-refractivity contribution in [2.24, 2.45) is 0 Å². The predicted molar refractivity (Wildman–Crippen MR) is 99.3 cm³/mol. The Hall–Kier alpha value is -2.41. The van der Waals surface area contributed by atoms with Crippen LogP contribution in [0.3, 0.4) is 0 Å². The third-order valence-corrected chi connectivity index (χ3v) is 5.57. The van der Waals surface area contributed by atoms with Gasteiger partial charge in [-0.25, -0.2) is 0 Å². The number of hydrogen-bond donors (Lipinski definition) is 0. The van der Waals surface area contributed by atoms with E-state index >= 15 is 0 Å². The lowest BCUT2D eigenvalue weighted by Crippen LogP contribution is -1.90. The highest BCUT2D eigenvalue weighted by molar-refractivity contribution is 7.19. The predicted octanol–water partition coefficient (Wildman–Crippen LogP) is 5.57. The smallest absolute Gasteiger partial charge is 0.235 e. The van der Waals surface area contributed by atoms with E-state index in [-0.39, 0.29) is 0 Å². The van der Waals surface area contributed by atoms with E-state index in [2.05, 4.69) is 15.3 Å². The van der Waals surface area contributed by atoms with Gasteiger partial charge in [-0.15, -0.1) is 10.2 Å². The molecule has 0 atom stereocenters. The van der Waals surface area contributed by atoms with Crippen molar-refractivity contribution in [1.29, 1.82) is 0 Å². The van der Waals surface area contributed by atoms with Crippen molar-refractivity contribution >= 4 is 50.5 Å². The zero-order valence-corrected chi connectivity index (χ0v) is 14.8. The highest BCUT2D eigenvalue weighted by atomic mass is 35.5. The molecule has 0 saturated heterocycles. The Balaban J connectivity index is 1.68. The molecule has 3 heterocycles. The lowest BCUT2D eigenvalue weighted by molar-refractivity contribution is 0.622. The quantitative estimate of drug-likeness (QED) is 0.397. The molecular weight excluding hydrogens is 379 g/mol. The third kappa shape index (κ3) is 2.33. The first-order valence-corrected chi connectivity index (χ1v) is 8.93. The van der Waals surface area contributed by atoms with Gasteiger partial charge in [-0.1, -0.05) is 64.9 Å². The van der Waals surface area contributed by atoms with Gasteiger partial charge in [0.25, 0.3) is 0 Å². The zero-order chi connectivity index (χ0) is 17.0. The third-order valence-electron chi connectivity index (χ3n) is 3.82. The summed E-state index contributed by atoms with van der Waals surface area (Å²) in [6.45, 7) is 0. The molecule has 8 heteroatoms. The minimum Gasteiger partial charge on any atom is -0.453 e. The monoisotopic (exact) mass is 386 g/mol. The second-order valence-electron chi connectivity index (χ2n) is 5.38. The molecule has 25 heavy (non-hydrogen) atoms. The fourth-order valence-electron chi connectivity index (χ4n) is 2.64. The van der Waals surface area contributed by atoms with Gasteiger partial charge in [0, 0.05) is 10.9 Å². The largest absolute Gasteiger partial charge is 0.453 e. The summed E-state index contributed by atoms with van der Waals surface area (Å²) in [6.07, 6.45) is 0. The summed E-state index contributed by atoms with van der Waals surface area (Å²) in [7, 11) is 0. The molecule has 0 fully saturated rings. The Bertz CT molecular complexity index is 1210. The molecule has 0 unspecified atom stereocenters. The molecule has 3 aromatic heterocycles. The van der Waals surface area contributed by atoms with Crippen molar-refractivity contribution in [3.8, 4) is 22.2 Å². The first-order valence-electron chi connectivity index (χ1n) is 7.36. The first-order chi connectivity index (χ1) is 12.2. The van der Waals surface area contributed by atoms with Crippen LogP contribution in [0.25, 0.3) is 38.1 Å². The Morgan fingerprint density at radius 3 is 2.76 bits per heavy atom. The van der Waals surface area contributed by atoms with Crippen LogP contribution in [-0.4, -0.2) is 19.8 Å². The SMILES string of the molecule is Clc1cccc(-c2nn3c(-c4cc5ccccc5o4)nnc3s2)c1Cl. The minimum atomic E-state index is 0.472. The van der Waals surface area contributed by atoms with Crippen LogP contribution < -0.4 is 0 Å². The summed E-state index contributed by atoms with van der Waals surface area (Å²) in [4.78, 5) is 0.654. The number of benzene rings is 2. The molecule has 122 valence electrons. The van der Waals surface area contributed by atoms with E-state index in [1.807, 2.05) is 42.5 Å². The van der Waals surface area contributed by atoms with Crippen LogP contribution in [0.5, 0.6) is 0 Å². The van der Waals surface area contributed by atoms with Crippen LogP contribution in [0.4, 0.5) is 0 Å². The van der Waals surface area contributed by atoms with Crippen LogP contribution in [0.1, 0.15) is 0 Å². The average Bonchev–Trinajstić information content (AvgIpc) is 3.29. The van der Waals surface area contributed by atoms with Crippen LogP contribution in [0, 0.1) is 0 Å². The van der Waals surface area contributed by atoms with Gasteiger partial charge >= 0.3 is 0 Å². The zero-order valence-electron chi connectivity index (χ0n) is 12.5. The molecule has 0 aliphatic rings. The van der Waals surface area contributed by atoms with E-state index in [9.17, 15) is 0 Å². The molecule has 5 nitrogen and oxygen atoms in total. The number of nitrogens with zero attached hydrogens (tertiary/aromatic N) is 4. The maximum Gasteiger partial charge on any atom is 0.235 e. The maximum atomic E-state index is 6.30. The molecule has 2 aromatic carbocycles. The highest BCUT2D eigenvalue weighted by Crippen LogP contribution is 2.36. The van der Waals surface area contributed by atoms with Gasteiger partial charge in [-0.3, -0.25) is 0 Å². The molecule has 0 saturated carbocycles. The summed E-state index contributed by atoms with van der Waals surface area (Å²) in [5.41, 5.74) is 1.56. The number of fused-ring (bicyclic) bond motifs is 2. The lowest BCUT2D eigenvalue weighted by atomic mass is 10.2. The van der Waals surface area contributed by atoms with Crippen molar-refractivity contribution in [1.82, 2.24) is 19.8 Å². The molecule has 0 N–H and O–H groups in total. The Kier molecular flexibility index (Phi) is 3.31. The highest BCUT2D eigenvalue weighted by Gasteiger charge is 2.19. The Labute approximate surface area is 155 Å². The molecule has 5 aromatic rings. The lowest BCUT2D eigenvalue weighted by Gasteiger charge is -2.00. The first kappa shape index (κ1) is 14.9. The van der Waals surface area contributed by atoms with E-state index in [1.165, 1.54) is 11.3 Å². The number of furan rings is 1. The van der Waals surface area contributed by atoms with Crippen molar-refractivity contribution in [3.63, 3.8) is 0 Å². The summed E-state index contributed by atoms with van der Waals surface area (Å²) in [5, 5.41) is 15.7. The number of aromatic nitrogens is 4. The van der Waals surface area contributed by atoms with Gasteiger partial charge < -0.3 is 4.42 Å². The Morgan fingerprint density at radius 1 is 1.00 bits per heavy atom. The van der Waals surface area contributed by atoms with Crippen molar-refractivity contribution in [2.75, 3.05) is 0 Å². The van der Waals surface area contributed by atoms with Crippen LogP contribution in [-0.2, 0) is 0 Å². The topological polar surface area (TPSA) is 56.2 Å². The number of hydrogen-bond acceptors (Lipinski definition) is 5. The van der Waals surface area contributed by atoms with Crippen LogP contribution in [0.2, 0.25) is 10.0 Å². The van der Waals surface area contributed by atoms with Gasteiger partial charge in [0.2, 0.25) is 10.8 Å². The van der Waals surface area contributed by atoms with Crippen molar-refractivity contribution in [2.45, 2.75) is 0 Å². The van der Waals surface area contributed by atoms with Crippen LogP contribution >= 0.6 is 34.5 Å². The minimum absolute atomic E-state index is 0.472. The normalized spacial score (nSPS) is 11.6. The van der Waals surface area contributed by atoms with E-state index < -0.39 is 0 Å². The summed E-state index contributed by atoms with van der Waals surface area (Å²) >= 11 is 13.8. The summed E-state index contributed by atoms with van der Waals surface area (Å²) < 4.78 is 7.53. The number of halogens is 2. The molecule has 5 rings (SSSR count). The molecule has 0 bridgehead atoms. The van der Waals surface area contributed by atoms with Crippen molar-refractivity contribution in [3.05, 3.63) is 58.6 Å². The molecule has 0 radical (unpaired) electrons. The maximum absolute atomic E-state index is 6.30. The van der Waals surface area contributed by atoms with Crippen molar-refractivity contribution < 1.29 is 4.42 Å². The second-order valence-corrected chi connectivity index (χ2v) is 7.12. The fraction of sp³-hybridized carbons (Fsp3) is 0. The molecular formula is C17H8Cl2N4OS. The van der Waals surface area contributed by atoms with Crippen LogP contribution in [0.15, 0.2) is 52.9 Å².